The third-order valence-corrected chi connectivity index (χ3v) is 3.91. The molecule has 0 saturated carbocycles. The standard InChI is InChI=1S/C20H28N2O/c1-13(2)9-14(3)12-23-20-15(4)10-19(22-17(20)6)18-7-8-21-16(5)11-18/h7-8,10-11,13-14H,9,12H2,1-6H3. The Morgan fingerprint density at radius 2 is 1.83 bits per heavy atom. The molecule has 0 spiro atoms. The molecular weight excluding hydrogens is 284 g/mol. The van der Waals surface area contributed by atoms with Crippen molar-refractivity contribution in [2.24, 2.45) is 11.8 Å². The lowest BCUT2D eigenvalue weighted by molar-refractivity contribution is 0.235. The lowest BCUT2D eigenvalue weighted by Gasteiger charge is -2.18. The zero-order valence-electron chi connectivity index (χ0n) is 15.2. The van der Waals surface area contributed by atoms with Crippen LogP contribution in [0.3, 0.4) is 0 Å². The molecule has 0 aliphatic carbocycles. The lowest BCUT2D eigenvalue weighted by Crippen LogP contribution is -2.12. The van der Waals surface area contributed by atoms with Gasteiger partial charge in [-0.15, -0.1) is 0 Å². The van der Waals surface area contributed by atoms with Crippen LogP contribution in [0.15, 0.2) is 24.4 Å². The van der Waals surface area contributed by atoms with Gasteiger partial charge < -0.3 is 4.74 Å². The topological polar surface area (TPSA) is 35.0 Å². The summed E-state index contributed by atoms with van der Waals surface area (Å²) in [4.78, 5) is 8.98. The highest BCUT2D eigenvalue weighted by molar-refractivity contribution is 5.62. The fourth-order valence-corrected chi connectivity index (χ4v) is 2.99. The normalized spacial score (nSPS) is 12.5. The van der Waals surface area contributed by atoms with Gasteiger partial charge in [0.15, 0.2) is 0 Å². The van der Waals surface area contributed by atoms with E-state index in [0.29, 0.717) is 11.8 Å². The van der Waals surface area contributed by atoms with E-state index >= 15 is 0 Å². The van der Waals surface area contributed by atoms with Gasteiger partial charge in [0.1, 0.15) is 5.75 Å². The summed E-state index contributed by atoms with van der Waals surface area (Å²) in [5, 5.41) is 0. The number of pyridine rings is 2. The highest BCUT2D eigenvalue weighted by Crippen LogP contribution is 2.28. The minimum atomic E-state index is 0.552. The predicted octanol–water partition coefficient (Wildman–Crippen LogP) is 5.13. The molecule has 124 valence electrons. The Balaban J connectivity index is 2.17. The van der Waals surface area contributed by atoms with Gasteiger partial charge in [0.05, 0.1) is 18.0 Å². The number of nitrogens with zero attached hydrogens (tertiary/aromatic N) is 2. The van der Waals surface area contributed by atoms with Crippen LogP contribution < -0.4 is 4.74 Å². The lowest BCUT2D eigenvalue weighted by atomic mass is 10.00. The van der Waals surface area contributed by atoms with Gasteiger partial charge in [-0.2, -0.15) is 0 Å². The van der Waals surface area contributed by atoms with E-state index in [1.165, 1.54) is 6.42 Å². The first kappa shape index (κ1) is 17.5. The number of rotatable bonds is 6. The van der Waals surface area contributed by atoms with E-state index in [2.05, 4.69) is 44.8 Å². The van der Waals surface area contributed by atoms with Crippen LogP contribution in [0.25, 0.3) is 11.3 Å². The molecule has 23 heavy (non-hydrogen) atoms. The van der Waals surface area contributed by atoms with Crippen molar-refractivity contribution < 1.29 is 4.74 Å². The van der Waals surface area contributed by atoms with E-state index in [0.717, 1.165) is 40.6 Å². The van der Waals surface area contributed by atoms with Crippen molar-refractivity contribution in [2.75, 3.05) is 6.61 Å². The zero-order chi connectivity index (χ0) is 17.0. The van der Waals surface area contributed by atoms with Gasteiger partial charge in [-0.05, 0) is 62.8 Å². The van der Waals surface area contributed by atoms with Crippen LogP contribution in [0.2, 0.25) is 0 Å². The third kappa shape index (κ3) is 4.78. The Kier molecular flexibility index (Phi) is 5.75. The number of aromatic nitrogens is 2. The minimum Gasteiger partial charge on any atom is -0.491 e. The van der Waals surface area contributed by atoms with Crippen LogP contribution in [-0.4, -0.2) is 16.6 Å². The number of ether oxygens (including phenoxy) is 1. The second-order valence-electron chi connectivity index (χ2n) is 6.97. The maximum Gasteiger partial charge on any atom is 0.143 e. The van der Waals surface area contributed by atoms with Gasteiger partial charge in [-0.1, -0.05) is 20.8 Å². The Labute approximate surface area is 140 Å². The molecule has 3 nitrogen and oxygen atoms in total. The zero-order valence-corrected chi connectivity index (χ0v) is 15.2. The van der Waals surface area contributed by atoms with E-state index < -0.39 is 0 Å². The maximum atomic E-state index is 6.07. The first-order valence-corrected chi connectivity index (χ1v) is 8.41. The molecule has 2 aromatic heterocycles. The molecule has 0 aliphatic heterocycles. The highest BCUT2D eigenvalue weighted by Gasteiger charge is 2.12. The van der Waals surface area contributed by atoms with Gasteiger partial charge >= 0.3 is 0 Å². The fourth-order valence-electron chi connectivity index (χ4n) is 2.99. The molecule has 0 N–H and O–H groups in total. The summed E-state index contributed by atoms with van der Waals surface area (Å²) in [5.41, 5.74) is 5.17. The average Bonchev–Trinajstić information content (AvgIpc) is 2.45. The van der Waals surface area contributed by atoms with Crippen molar-refractivity contribution in [1.82, 2.24) is 9.97 Å². The predicted molar refractivity (Wildman–Crippen MR) is 95.8 cm³/mol. The molecule has 2 heterocycles. The van der Waals surface area contributed by atoms with Crippen molar-refractivity contribution in [3.05, 3.63) is 41.3 Å². The summed E-state index contributed by atoms with van der Waals surface area (Å²) in [5.74, 6) is 2.18. The van der Waals surface area contributed by atoms with Gasteiger partial charge in [-0.25, -0.2) is 4.98 Å². The number of hydrogen-bond donors (Lipinski definition) is 0. The molecule has 1 unspecified atom stereocenters. The molecule has 0 aliphatic rings. The van der Waals surface area contributed by atoms with E-state index in [4.69, 9.17) is 9.72 Å². The second kappa shape index (κ2) is 7.58. The van der Waals surface area contributed by atoms with Crippen LogP contribution in [0.4, 0.5) is 0 Å². The number of hydrogen-bond acceptors (Lipinski definition) is 3. The summed E-state index contributed by atoms with van der Waals surface area (Å²) in [6.45, 7) is 13.6. The average molecular weight is 312 g/mol. The summed E-state index contributed by atoms with van der Waals surface area (Å²) < 4.78 is 6.07. The highest BCUT2D eigenvalue weighted by atomic mass is 16.5. The van der Waals surface area contributed by atoms with E-state index in [1.807, 2.05) is 26.1 Å². The first-order chi connectivity index (χ1) is 10.9. The van der Waals surface area contributed by atoms with Crippen LogP contribution in [0.1, 0.15) is 44.1 Å². The second-order valence-corrected chi connectivity index (χ2v) is 6.97. The summed E-state index contributed by atoms with van der Waals surface area (Å²) in [7, 11) is 0. The molecule has 0 fully saturated rings. The third-order valence-electron chi connectivity index (χ3n) is 3.91. The van der Waals surface area contributed by atoms with Crippen LogP contribution >= 0.6 is 0 Å². The fraction of sp³-hybridized carbons (Fsp3) is 0.500. The summed E-state index contributed by atoms with van der Waals surface area (Å²) in [6.07, 6.45) is 3.01. The van der Waals surface area contributed by atoms with E-state index in [1.54, 1.807) is 0 Å². The molecule has 1 atom stereocenters. The number of aryl methyl sites for hydroxylation is 3. The molecule has 0 amide bonds. The van der Waals surface area contributed by atoms with Crippen molar-refractivity contribution in [1.29, 1.82) is 0 Å². The van der Waals surface area contributed by atoms with Crippen molar-refractivity contribution in [2.45, 2.75) is 48.0 Å². The molecule has 2 rings (SSSR count). The van der Waals surface area contributed by atoms with Crippen LogP contribution in [0, 0.1) is 32.6 Å². The van der Waals surface area contributed by atoms with Gasteiger partial charge in [0.2, 0.25) is 0 Å². The minimum absolute atomic E-state index is 0.552. The van der Waals surface area contributed by atoms with Crippen molar-refractivity contribution >= 4 is 0 Å². The summed E-state index contributed by atoms with van der Waals surface area (Å²) >= 11 is 0. The molecule has 0 aromatic carbocycles. The SMILES string of the molecule is Cc1cc(-c2cc(C)c(OCC(C)CC(C)C)c(C)n2)ccn1. The monoisotopic (exact) mass is 312 g/mol. The Bertz CT molecular complexity index is 641. The largest absolute Gasteiger partial charge is 0.491 e. The van der Waals surface area contributed by atoms with Crippen LogP contribution in [0.5, 0.6) is 5.75 Å². The Morgan fingerprint density at radius 3 is 2.43 bits per heavy atom. The first-order valence-electron chi connectivity index (χ1n) is 8.41. The van der Waals surface area contributed by atoms with Gasteiger partial charge in [-0.3, -0.25) is 4.98 Å². The maximum absolute atomic E-state index is 6.07. The van der Waals surface area contributed by atoms with Gasteiger partial charge in [0.25, 0.3) is 0 Å². The molecule has 0 bridgehead atoms. The quantitative estimate of drug-likeness (QED) is 0.741. The Morgan fingerprint density at radius 1 is 1.09 bits per heavy atom. The smallest absolute Gasteiger partial charge is 0.143 e. The molecule has 0 saturated heterocycles. The molecule has 3 heteroatoms. The van der Waals surface area contributed by atoms with Crippen molar-refractivity contribution in [3.63, 3.8) is 0 Å². The van der Waals surface area contributed by atoms with Crippen LogP contribution in [-0.2, 0) is 0 Å². The van der Waals surface area contributed by atoms with Gasteiger partial charge in [0, 0.05) is 17.5 Å². The van der Waals surface area contributed by atoms with E-state index in [-0.39, 0.29) is 0 Å². The van der Waals surface area contributed by atoms with Crippen molar-refractivity contribution in [3.8, 4) is 17.0 Å². The van der Waals surface area contributed by atoms with E-state index in [9.17, 15) is 0 Å². The summed E-state index contributed by atoms with van der Waals surface area (Å²) in [6, 6.07) is 6.16. The molecule has 2 aromatic rings. The molecule has 0 radical (unpaired) electrons. The Hall–Kier alpha value is -1.90. The molecular formula is C20H28N2O.